The number of aryl methyl sites for hydroxylation is 1. The standard InChI is InChI=1S/C35H34N6OS2/c1-21-17-28(35(4,5)6)34(42)33(18-21)41-38-30-16-14-26(20-32(30)39-41)43-23(3)8-7-22(2)24-9-11-25(12-10-24)44-27-13-15-29-31(19-27)37-40-36-29/h9-20,42H,2-3,7-8H2,1,4-6H3,(H,36,37,40). The summed E-state index contributed by atoms with van der Waals surface area (Å²) in [6, 6.07) is 24.6. The van der Waals surface area contributed by atoms with Crippen LogP contribution in [0.2, 0.25) is 0 Å². The molecule has 2 heterocycles. The highest BCUT2D eigenvalue weighted by Crippen LogP contribution is 2.37. The molecule has 9 heteroatoms. The van der Waals surface area contributed by atoms with Crippen LogP contribution in [-0.4, -0.2) is 35.5 Å². The van der Waals surface area contributed by atoms with Crippen molar-refractivity contribution in [2.45, 2.75) is 60.6 Å². The van der Waals surface area contributed by atoms with Crippen molar-refractivity contribution in [2.24, 2.45) is 0 Å². The van der Waals surface area contributed by atoms with Crippen molar-refractivity contribution in [3.63, 3.8) is 0 Å². The van der Waals surface area contributed by atoms with Crippen molar-refractivity contribution in [3.8, 4) is 11.4 Å². The van der Waals surface area contributed by atoms with Gasteiger partial charge in [-0.2, -0.15) is 15.4 Å². The van der Waals surface area contributed by atoms with Crippen molar-refractivity contribution in [3.05, 3.63) is 108 Å². The molecule has 222 valence electrons. The van der Waals surface area contributed by atoms with E-state index in [-0.39, 0.29) is 11.2 Å². The third kappa shape index (κ3) is 6.44. The van der Waals surface area contributed by atoms with Gasteiger partial charge in [0.1, 0.15) is 33.5 Å². The lowest BCUT2D eigenvalue weighted by molar-refractivity contribution is 0.440. The van der Waals surface area contributed by atoms with E-state index in [1.165, 1.54) is 4.80 Å². The number of thioether (sulfide) groups is 1. The molecule has 2 N–H and O–H groups in total. The van der Waals surface area contributed by atoms with Crippen LogP contribution in [0.25, 0.3) is 33.3 Å². The number of aromatic amines is 1. The lowest BCUT2D eigenvalue weighted by Crippen LogP contribution is -2.13. The molecule has 0 aliphatic rings. The highest BCUT2D eigenvalue weighted by molar-refractivity contribution is 8.03. The number of benzene rings is 4. The van der Waals surface area contributed by atoms with E-state index in [0.29, 0.717) is 5.69 Å². The number of aromatic hydroxyl groups is 1. The second-order valence-corrected chi connectivity index (χ2v) is 14.3. The third-order valence-electron chi connectivity index (χ3n) is 7.36. The van der Waals surface area contributed by atoms with Gasteiger partial charge in [-0.25, -0.2) is 0 Å². The van der Waals surface area contributed by atoms with Crippen LogP contribution < -0.4 is 0 Å². The van der Waals surface area contributed by atoms with Crippen molar-refractivity contribution < 1.29 is 5.11 Å². The van der Waals surface area contributed by atoms with Crippen LogP contribution in [0, 0.1) is 6.92 Å². The molecule has 7 nitrogen and oxygen atoms in total. The Bertz CT molecular complexity index is 2020. The molecule has 0 aliphatic heterocycles. The molecule has 0 aliphatic carbocycles. The van der Waals surface area contributed by atoms with Crippen molar-refractivity contribution in [1.29, 1.82) is 0 Å². The predicted molar refractivity (Wildman–Crippen MR) is 182 cm³/mol. The summed E-state index contributed by atoms with van der Waals surface area (Å²) in [4.78, 5) is 5.92. The maximum absolute atomic E-state index is 11.1. The number of hydrogen-bond donors (Lipinski definition) is 2. The summed E-state index contributed by atoms with van der Waals surface area (Å²) in [7, 11) is 0. The van der Waals surface area contributed by atoms with Crippen LogP contribution in [0.1, 0.15) is 50.3 Å². The summed E-state index contributed by atoms with van der Waals surface area (Å²) in [6.07, 6.45) is 1.64. The van der Waals surface area contributed by atoms with Gasteiger partial charge >= 0.3 is 0 Å². The molecule has 0 radical (unpaired) electrons. The average Bonchev–Trinajstić information content (AvgIpc) is 3.63. The van der Waals surface area contributed by atoms with Crippen LogP contribution in [0.4, 0.5) is 0 Å². The smallest absolute Gasteiger partial charge is 0.146 e. The first-order valence-corrected chi connectivity index (χ1v) is 16.0. The Morgan fingerprint density at radius 3 is 2.23 bits per heavy atom. The van der Waals surface area contributed by atoms with E-state index in [1.807, 2.05) is 49.4 Å². The maximum Gasteiger partial charge on any atom is 0.146 e. The molecule has 0 spiro atoms. The molecule has 0 atom stereocenters. The van der Waals surface area contributed by atoms with E-state index in [4.69, 9.17) is 5.10 Å². The molecule has 4 aromatic carbocycles. The molecule has 0 amide bonds. The second kappa shape index (κ2) is 12.0. The fourth-order valence-corrected chi connectivity index (χ4v) is 6.68. The van der Waals surface area contributed by atoms with Gasteiger partial charge in [-0.3, -0.25) is 0 Å². The zero-order valence-corrected chi connectivity index (χ0v) is 26.9. The number of rotatable bonds is 9. The van der Waals surface area contributed by atoms with Crippen LogP contribution >= 0.6 is 23.5 Å². The topological polar surface area (TPSA) is 92.5 Å². The van der Waals surface area contributed by atoms with E-state index in [0.717, 1.165) is 76.8 Å². The summed E-state index contributed by atoms with van der Waals surface area (Å²) < 4.78 is 0. The molecular weight excluding hydrogens is 585 g/mol. The Balaban J connectivity index is 1.07. The number of aromatic nitrogens is 6. The largest absolute Gasteiger partial charge is 0.505 e. The summed E-state index contributed by atoms with van der Waals surface area (Å²) in [5.41, 5.74) is 7.78. The average molecular weight is 619 g/mol. The monoisotopic (exact) mass is 618 g/mol. The summed E-state index contributed by atoms with van der Waals surface area (Å²) in [5.74, 6) is 0.213. The molecule has 0 unspecified atom stereocenters. The lowest BCUT2D eigenvalue weighted by Gasteiger charge is -2.22. The van der Waals surface area contributed by atoms with Crippen molar-refractivity contribution >= 4 is 51.2 Å². The lowest BCUT2D eigenvalue weighted by atomic mass is 9.85. The first-order chi connectivity index (χ1) is 21.0. The minimum absolute atomic E-state index is 0.204. The SMILES string of the molecule is C=C(CCC(=C)c1ccc(Sc2ccc3n[nH]nc3c2)cc1)Sc1ccc2nn(-c3cc(C)cc(C(C)(C)C)c3O)nc2c1. The first kappa shape index (κ1) is 29.7. The molecule has 2 aromatic heterocycles. The van der Waals surface area contributed by atoms with E-state index >= 15 is 0 Å². The third-order valence-corrected chi connectivity index (χ3v) is 9.34. The van der Waals surface area contributed by atoms with Gasteiger partial charge in [-0.15, -0.1) is 15.0 Å². The number of nitrogens with zero attached hydrogens (tertiary/aromatic N) is 5. The zero-order chi connectivity index (χ0) is 31.0. The molecule has 6 rings (SSSR count). The molecule has 0 fully saturated rings. The number of fused-ring (bicyclic) bond motifs is 2. The van der Waals surface area contributed by atoms with E-state index in [2.05, 4.69) is 84.8 Å². The Kier molecular flexibility index (Phi) is 8.09. The summed E-state index contributed by atoms with van der Waals surface area (Å²) >= 11 is 3.34. The van der Waals surface area contributed by atoms with Gasteiger partial charge < -0.3 is 5.11 Å². The minimum Gasteiger partial charge on any atom is -0.505 e. The number of allylic oxidation sites excluding steroid dienone is 2. The molecule has 0 saturated carbocycles. The van der Waals surface area contributed by atoms with E-state index < -0.39 is 0 Å². The Morgan fingerprint density at radius 1 is 0.795 bits per heavy atom. The fourth-order valence-electron chi connectivity index (χ4n) is 4.98. The van der Waals surface area contributed by atoms with Crippen LogP contribution in [-0.2, 0) is 5.41 Å². The van der Waals surface area contributed by atoms with Gasteiger partial charge in [0, 0.05) is 20.2 Å². The second-order valence-electron chi connectivity index (χ2n) is 11.9. The zero-order valence-electron chi connectivity index (χ0n) is 25.3. The number of nitrogens with one attached hydrogen (secondary N) is 1. The molecular formula is C35H34N6OS2. The van der Waals surface area contributed by atoms with E-state index in [9.17, 15) is 5.11 Å². The Morgan fingerprint density at radius 2 is 1.45 bits per heavy atom. The quantitative estimate of drug-likeness (QED) is 0.156. The number of phenolic OH excluding ortho intramolecular Hbond substituents is 1. The molecule has 0 bridgehead atoms. The number of phenols is 1. The summed E-state index contributed by atoms with van der Waals surface area (Å²) in [6.45, 7) is 16.9. The molecule has 44 heavy (non-hydrogen) atoms. The van der Waals surface area contributed by atoms with Gasteiger partial charge in [0.05, 0.1) is 0 Å². The normalized spacial score (nSPS) is 11.8. The van der Waals surface area contributed by atoms with Gasteiger partial charge in [0.2, 0.25) is 0 Å². The van der Waals surface area contributed by atoms with Crippen LogP contribution in [0.15, 0.2) is 106 Å². The Labute approximate surface area is 265 Å². The molecule has 6 aromatic rings. The first-order valence-electron chi connectivity index (χ1n) is 14.4. The number of hydrogen-bond acceptors (Lipinski definition) is 7. The van der Waals surface area contributed by atoms with Crippen LogP contribution in [0.3, 0.4) is 0 Å². The Hall–Kier alpha value is -4.34. The van der Waals surface area contributed by atoms with Gasteiger partial charge in [-0.1, -0.05) is 75.7 Å². The van der Waals surface area contributed by atoms with Gasteiger partial charge in [0.25, 0.3) is 0 Å². The van der Waals surface area contributed by atoms with Gasteiger partial charge in [-0.05, 0) is 101 Å². The van der Waals surface area contributed by atoms with Crippen LogP contribution in [0.5, 0.6) is 5.75 Å². The van der Waals surface area contributed by atoms with E-state index in [1.54, 1.807) is 23.5 Å². The highest BCUT2D eigenvalue weighted by Gasteiger charge is 2.22. The predicted octanol–water partition coefficient (Wildman–Crippen LogP) is 9.25. The highest BCUT2D eigenvalue weighted by atomic mass is 32.2. The maximum atomic E-state index is 11.1. The minimum atomic E-state index is -0.204. The van der Waals surface area contributed by atoms with Crippen molar-refractivity contribution in [2.75, 3.05) is 0 Å². The molecule has 0 saturated heterocycles. The summed E-state index contributed by atoms with van der Waals surface area (Å²) in [5, 5.41) is 31.4. The fraction of sp³-hybridized carbons (Fsp3) is 0.200. The van der Waals surface area contributed by atoms with Crippen molar-refractivity contribution in [1.82, 2.24) is 30.4 Å². The number of H-pyrrole nitrogens is 1. The van der Waals surface area contributed by atoms with Gasteiger partial charge in [0.15, 0.2) is 0 Å².